The summed E-state index contributed by atoms with van der Waals surface area (Å²) in [7, 11) is 0. The fraction of sp³-hybridized carbons (Fsp3) is 0. The number of thiophene rings is 1. The first kappa shape index (κ1) is 35.5. The Bertz CT molecular complexity index is 3900. The summed E-state index contributed by atoms with van der Waals surface area (Å²) in [6.45, 7) is 0. The third-order valence-electron chi connectivity index (χ3n) is 12.2. The number of nitrogens with zero attached hydrogens (tertiary/aromatic N) is 6. The monoisotopic (exact) mass is 822 g/mol. The van der Waals surface area contributed by atoms with Crippen molar-refractivity contribution < 1.29 is 0 Å². The largest absolute Gasteiger partial charge is 0.307 e. The average molecular weight is 823 g/mol. The van der Waals surface area contributed by atoms with Crippen LogP contribution in [0.15, 0.2) is 206 Å². The van der Waals surface area contributed by atoms with Crippen LogP contribution in [0.4, 0.5) is 0 Å². The molecule has 0 spiro atoms. The Labute approximate surface area is 365 Å². The van der Waals surface area contributed by atoms with Crippen LogP contribution in [-0.2, 0) is 0 Å². The molecule has 0 unspecified atom stereocenters. The van der Waals surface area contributed by atoms with Crippen LogP contribution < -0.4 is 0 Å². The lowest BCUT2D eigenvalue weighted by atomic mass is 10.1. The van der Waals surface area contributed by atoms with E-state index in [0.717, 1.165) is 77.6 Å². The van der Waals surface area contributed by atoms with E-state index in [9.17, 15) is 0 Å². The van der Waals surface area contributed by atoms with Gasteiger partial charge in [-0.2, -0.15) is 9.97 Å². The lowest BCUT2D eigenvalue weighted by Gasteiger charge is -2.13. The van der Waals surface area contributed by atoms with E-state index in [1.807, 2.05) is 47.7 Å². The van der Waals surface area contributed by atoms with E-state index in [-0.39, 0.29) is 0 Å². The second kappa shape index (κ2) is 14.2. The molecule has 5 heterocycles. The minimum Gasteiger partial charge on any atom is -0.307 e. The maximum atomic E-state index is 5.37. The number of aromatic nitrogens is 6. The lowest BCUT2D eigenvalue weighted by molar-refractivity contribution is 0.953. The van der Waals surface area contributed by atoms with Crippen molar-refractivity contribution in [2.45, 2.75) is 0 Å². The summed E-state index contributed by atoms with van der Waals surface area (Å²) in [5.74, 6) is 1.74. The van der Waals surface area contributed by atoms with E-state index < -0.39 is 0 Å². The summed E-state index contributed by atoms with van der Waals surface area (Å²) in [4.78, 5) is 20.9. The SMILES string of the molecule is c1ccc(-c2cccc(-c3ccc(-c4nc(-c5ccccc5)nc(-n5c6ccccc6c6ccc7c8ccccc8n(-c8ccc9c(c8)sc8ccccc89)c7c65)n4)cc3)n2)cc1. The van der Waals surface area contributed by atoms with E-state index in [2.05, 4.69) is 179 Å². The van der Waals surface area contributed by atoms with Crippen molar-refractivity contribution in [1.82, 2.24) is 29.1 Å². The molecule has 0 bridgehead atoms. The van der Waals surface area contributed by atoms with Crippen LogP contribution in [0.2, 0.25) is 0 Å². The molecule has 0 atom stereocenters. The second-order valence-corrected chi connectivity index (χ2v) is 16.9. The van der Waals surface area contributed by atoms with Gasteiger partial charge in [-0.15, -0.1) is 11.3 Å². The number of pyridine rings is 1. The quantitative estimate of drug-likeness (QED) is 0.168. The van der Waals surface area contributed by atoms with Gasteiger partial charge < -0.3 is 4.57 Å². The van der Waals surface area contributed by atoms with Gasteiger partial charge in [0.25, 0.3) is 0 Å². The van der Waals surface area contributed by atoms with Gasteiger partial charge in [0, 0.05) is 69.7 Å². The van der Waals surface area contributed by atoms with Gasteiger partial charge in [0.1, 0.15) is 0 Å². The summed E-state index contributed by atoms with van der Waals surface area (Å²) >= 11 is 1.84. The van der Waals surface area contributed by atoms with Crippen LogP contribution in [0.3, 0.4) is 0 Å². The van der Waals surface area contributed by atoms with Crippen molar-refractivity contribution >= 4 is 75.1 Å². The highest BCUT2D eigenvalue weighted by Crippen LogP contribution is 2.43. The minimum atomic E-state index is 0.552. The molecule has 63 heavy (non-hydrogen) atoms. The molecule has 0 fully saturated rings. The lowest BCUT2D eigenvalue weighted by Crippen LogP contribution is -2.07. The van der Waals surface area contributed by atoms with Crippen molar-refractivity contribution in [3.8, 4) is 56.9 Å². The Kier molecular flexibility index (Phi) is 7.98. The van der Waals surface area contributed by atoms with Crippen LogP contribution in [0.5, 0.6) is 0 Å². The molecule has 13 aromatic rings. The Hall–Kier alpha value is -8.26. The smallest absolute Gasteiger partial charge is 0.238 e. The fourth-order valence-corrected chi connectivity index (χ4v) is 10.4. The molecule has 294 valence electrons. The van der Waals surface area contributed by atoms with Crippen molar-refractivity contribution in [2.24, 2.45) is 0 Å². The highest BCUT2D eigenvalue weighted by Gasteiger charge is 2.24. The molecule has 5 aromatic heterocycles. The maximum Gasteiger partial charge on any atom is 0.238 e. The van der Waals surface area contributed by atoms with Gasteiger partial charge in [0.2, 0.25) is 5.95 Å². The summed E-state index contributed by atoms with van der Waals surface area (Å²) in [5, 5.41) is 7.17. The predicted octanol–water partition coefficient (Wildman–Crippen LogP) is 14.5. The molecule has 0 aliphatic carbocycles. The summed E-state index contributed by atoms with van der Waals surface area (Å²) in [5.41, 5.74) is 11.1. The number of rotatable bonds is 6. The van der Waals surface area contributed by atoms with Crippen LogP contribution >= 0.6 is 11.3 Å². The molecule has 0 amide bonds. The third-order valence-corrected chi connectivity index (χ3v) is 13.3. The molecule has 0 saturated heterocycles. The van der Waals surface area contributed by atoms with Gasteiger partial charge in [-0.1, -0.05) is 164 Å². The van der Waals surface area contributed by atoms with Crippen molar-refractivity contribution in [1.29, 1.82) is 0 Å². The fourth-order valence-electron chi connectivity index (χ4n) is 9.30. The average Bonchev–Trinajstić information content (AvgIpc) is 4.02. The van der Waals surface area contributed by atoms with Gasteiger partial charge in [-0.05, 0) is 42.5 Å². The topological polar surface area (TPSA) is 61.4 Å². The molecule has 8 aromatic carbocycles. The second-order valence-electron chi connectivity index (χ2n) is 15.8. The van der Waals surface area contributed by atoms with Crippen LogP contribution in [0.25, 0.3) is 121 Å². The Morgan fingerprint density at radius 1 is 0.317 bits per heavy atom. The highest BCUT2D eigenvalue weighted by molar-refractivity contribution is 7.25. The third kappa shape index (κ3) is 5.71. The first-order valence-electron chi connectivity index (χ1n) is 21.1. The first-order chi connectivity index (χ1) is 31.2. The van der Waals surface area contributed by atoms with Gasteiger partial charge in [0.05, 0.1) is 33.5 Å². The number of benzene rings is 8. The van der Waals surface area contributed by atoms with Gasteiger partial charge >= 0.3 is 0 Å². The van der Waals surface area contributed by atoms with E-state index in [1.165, 1.54) is 25.6 Å². The van der Waals surface area contributed by atoms with Gasteiger partial charge in [0.15, 0.2) is 11.6 Å². The van der Waals surface area contributed by atoms with E-state index in [0.29, 0.717) is 17.6 Å². The Morgan fingerprint density at radius 2 is 0.810 bits per heavy atom. The Morgan fingerprint density at radius 3 is 1.49 bits per heavy atom. The predicted molar refractivity (Wildman–Crippen MR) is 261 cm³/mol. The normalized spacial score (nSPS) is 11.8. The van der Waals surface area contributed by atoms with E-state index in [1.54, 1.807) is 0 Å². The molecule has 6 nitrogen and oxygen atoms in total. The maximum absolute atomic E-state index is 5.37. The number of hydrogen-bond acceptors (Lipinski definition) is 5. The van der Waals surface area contributed by atoms with Crippen molar-refractivity contribution in [3.05, 3.63) is 206 Å². The molecule has 0 saturated carbocycles. The molecule has 7 heteroatoms. The number of fused-ring (bicyclic) bond motifs is 10. The standard InChI is InChI=1S/C56H34N6S/c1-3-14-35(15-4-1)46-21-13-22-47(57-46)36-26-28-38(29-27-36)55-58-54(37-16-5-2-6-17-37)59-56(60-55)62-49-24-11-8-19-41(49)45-33-32-44-40-18-7-10-23-48(40)61(52(44)53(45)62)39-30-31-43-42-20-9-12-25-50(42)63-51(43)34-39/h1-34H. The summed E-state index contributed by atoms with van der Waals surface area (Å²) in [6, 6.07) is 72.5. The molecule has 13 rings (SSSR count). The van der Waals surface area contributed by atoms with Crippen LogP contribution in [-0.4, -0.2) is 29.1 Å². The molecule has 0 aliphatic heterocycles. The van der Waals surface area contributed by atoms with Gasteiger partial charge in [-0.3, -0.25) is 4.57 Å². The molecule has 0 radical (unpaired) electrons. The number of hydrogen-bond donors (Lipinski definition) is 0. The van der Waals surface area contributed by atoms with E-state index in [4.69, 9.17) is 19.9 Å². The molecular formula is C56H34N6S. The zero-order valence-electron chi connectivity index (χ0n) is 33.7. The van der Waals surface area contributed by atoms with E-state index >= 15 is 0 Å². The molecular weight excluding hydrogens is 789 g/mol. The summed E-state index contributed by atoms with van der Waals surface area (Å²) in [6.07, 6.45) is 0. The van der Waals surface area contributed by atoms with Crippen LogP contribution in [0, 0.1) is 0 Å². The van der Waals surface area contributed by atoms with Crippen LogP contribution in [0.1, 0.15) is 0 Å². The molecule has 0 N–H and O–H groups in total. The zero-order valence-corrected chi connectivity index (χ0v) is 34.5. The number of para-hydroxylation sites is 2. The van der Waals surface area contributed by atoms with Crippen molar-refractivity contribution in [3.63, 3.8) is 0 Å². The Balaban J connectivity index is 1.05. The first-order valence-corrected chi connectivity index (χ1v) is 21.9. The summed E-state index contributed by atoms with van der Waals surface area (Å²) < 4.78 is 7.24. The van der Waals surface area contributed by atoms with Gasteiger partial charge in [-0.25, -0.2) is 9.97 Å². The van der Waals surface area contributed by atoms with Crippen molar-refractivity contribution in [2.75, 3.05) is 0 Å². The minimum absolute atomic E-state index is 0.552. The highest BCUT2D eigenvalue weighted by atomic mass is 32.1. The zero-order chi connectivity index (χ0) is 41.4. The molecule has 0 aliphatic rings.